The molecule has 1 heteroatoms. The van der Waals surface area contributed by atoms with Gasteiger partial charge in [-0.25, -0.2) is 0 Å². The van der Waals surface area contributed by atoms with Gasteiger partial charge >= 0.3 is 71.7 Å². The van der Waals surface area contributed by atoms with Gasteiger partial charge in [0.1, 0.15) is 0 Å². The van der Waals surface area contributed by atoms with Crippen LogP contribution in [0.3, 0.4) is 0 Å². The van der Waals surface area contributed by atoms with Crippen molar-refractivity contribution in [2.75, 3.05) is 0 Å². The fraction of sp³-hybridized carbons (Fsp3) is 0.750. The Balaban J connectivity index is 2.83. The van der Waals surface area contributed by atoms with Gasteiger partial charge in [-0.15, -0.1) is 0 Å². The van der Waals surface area contributed by atoms with Crippen molar-refractivity contribution in [3.05, 3.63) is 10.2 Å². The summed E-state index contributed by atoms with van der Waals surface area (Å²) in [7, 11) is 0. The minimum atomic E-state index is 1.25. The Hall–Kier alpha value is 0.539. The SMILES string of the molecule is C=[C]([SnH])CCCCCC. The molecule has 0 N–H and O–H groups in total. The standard InChI is InChI=1S/C8H15.Sn.H/c1-3-5-7-8-6-4-2;;/h1,4-8H2,2H3;;. The molecule has 0 rings (SSSR count). The van der Waals surface area contributed by atoms with E-state index in [1.54, 1.807) is 0 Å². The summed E-state index contributed by atoms with van der Waals surface area (Å²) in [5.41, 5.74) is 0. The van der Waals surface area contributed by atoms with Gasteiger partial charge in [0.15, 0.2) is 0 Å². The second-order valence-corrected chi connectivity index (χ2v) is 4.80. The van der Waals surface area contributed by atoms with Gasteiger partial charge in [0.25, 0.3) is 0 Å². The Labute approximate surface area is 71.8 Å². The molecule has 0 saturated heterocycles. The first kappa shape index (κ1) is 9.54. The van der Waals surface area contributed by atoms with Crippen molar-refractivity contribution < 1.29 is 0 Å². The maximum absolute atomic E-state index is 3.91. The number of rotatable bonds is 5. The minimum absolute atomic E-state index is 1.25. The molecule has 0 aromatic heterocycles. The topological polar surface area (TPSA) is 0 Å². The number of unbranched alkanes of at least 4 members (excludes halogenated alkanes) is 3. The Morgan fingerprint density at radius 2 is 2.00 bits per heavy atom. The summed E-state index contributed by atoms with van der Waals surface area (Å²) < 4.78 is 1.46. The van der Waals surface area contributed by atoms with Crippen LogP contribution in [0.1, 0.15) is 39.0 Å². The first-order chi connectivity index (χ1) is 4.27. The van der Waals surface area contributed by atoms with Crippen LogP contribution in [0.4, 0.5) is 0 Å². The first-order valence-electron chi connectivity index (χ1n) is 3.70. The van der Waals surface area contributed by atoms with Crippen LogP contribution in [0, 0.1) is 0 Å². The molecule has 0 unspecified atom stereocenters. The van der Waals surface area contributed by atoms with Crippen LogP contribution in [0.2, 0.25) is 0 Å². The van der Waals surface area contributed by atoms with Gasteiger partial charge in [0.2, 0.25) is 0 Å². The monoisotopic (exact) mass is 232 g/mol. The van der Waals surface area contributed by atoms with Gasteiger partial charge in [-0.1, -0.05) is 0 Å². The van der Waals surface area contributed by atoms with Crippen LogP contribution in [-0.4, -0.2) is 22.5 Å². The van der Waals surface area contributed by atoms with Gasteiger partial charge in [-0.2, -0.15) is 0 Å². The van der Waals surface area contributed by atoms with Gasteiger partial charge in [-0.3, -0.25) is 0 Å². The average Bonchev–Trinajstić information content (AvgIpc) is 1.80. The summed E-state index contributed by atoms with van der Waals surface area (Å²) in [6, 6.07) is 0. The third kappa shape index (κ3) is 8.54. The van der Waals surface area contributed by atoms with Crippen LogP contribution < -0.4 is 0 Å². The maximum atomic E-state index is 3.91. The van der Waals surface area contributed by atoms with E-state index in [-0.39, 0.29) is 0 Å². The Kier molecular flexibility index (Phi) is 7.05. The van der Waals surface area contributed by atoms with Crippen molar-refractivity contribution in [2.45, 2.75) is 39.0 Å². The fourth-order valence-corrected chi connectivity index (χ4v) is 1.36. The van der Waals surface area contributed by atoms with Crippen LogP contribution in [0.15, 0.2) is 10.2 Å². The molecule has 0 aliphatic heterocycles. The summed E-state index contributed by atoms with van der Waals surface area (Å²) >= 11 is 1.25. The fourth-order valence-electron chi connectivity index (χ4n) is 0.779. The Morgan fingerprint density at radius 1 is 1.33 bits per heavy atom. The zero-order valence-electron chi connectivity index (χ0n) is 6.32. The van der Waals surface area contributed by atoms with E-state index in [4.69, 9.17) is 0 Å². The quantitative estimate of drug-likeness (QED) is 0.503. The van der Waals surface area contributed by atoms with Gasteiger partial charge in [0, 0.05) is 0 Å². The van der Waals surface area contributed by atoms with Gasteiger partial charge in [0.05, 0.1) is 0 Å². The summed E-state index contributed by atoms with van der Waals surface area (Å²) in [6.45, 7) is 6.16. The summed E-state index contributed by atoms with van der Waals surface area (Å²) in [4.78, 5) is 0. The van der Waals surface area contributed by atoms with E-state index in [0.717, 1.165) is 0 Å². The van der Waals surface area contributed by atoms with Crippen molar-refractivity contribution in [1.82, 2.24) is 0 Å². The zero-order chi connectivity index (χ0) is 7.11. The van der Waals surface area contributed by atoms with Crippen LogP contribution in [-0.2, 0) is 0 Å². The second kappa shape index (κ2) is 6.66. The molecule has 0 aromatic carbocycles. The van der Waals surface area contributed by atoms with E-state index >= 15 is 0 Å². The molecule has 0 fully saturated rings. The zero-order valence-corrected chi connectivity index (χ0v) is 9.62. The third-order valence-corrected chi connectivity index (χ3v) is 2.18. The van der Waals surface area contributed by atoms with Crippen molar-refractivity contribution in [1.29, 1.82) is 0 Å². The van der Waals surface area contributed by atoms with Crippen molar-refractivity contribution >= 4 is 22.5 Å². The summed E-state index contributed by atoms with van der Waals surface area (Å²) in [5.74, 6) is 0. The van der Waals surface area contributed by atoms with E-state index in [9.17, 15) is 0 Å². The van der Waals surface area contributed by atoms with Crippen molar-refractivity contribution in [3.63, 3.8) is 0 Å². The molecular weight excluding hydrogens is 215 g/mol. The molecule has 2 radical (unpaired) electrons. The second-order valence-electron chi connectivity index (χ2n) is 2.47. The van der Waals surface area contributed by atoms with Crippen LogP contribution in [0.25, 0.3) is 0 Å². The molecule has 0 nitrogen and oxygen atoms in total. The third-order valence-electron chi connectivity index (χ3n) is 1.35. The molecule has 0 saturated carbocycles. The summed E-state index contributed by atoms with van der Waals surface area (Å²) in [6.07, 6.45) is 6.78. The molecule has 0 aliphatic carbocycles. The molecule has 0 atom stereocenters. The number of allylic oxidation sites excluding steroid dienone is 1. The summed E-state index contributed by atoms with van der Waals surface area (Å²) in [5, 5.41) is 0. The molecule has 0 heterocycles. The molecule has 0 spiro atoms. The van der Waals surface area contributed by atoms with E-state index in [2.05, 4.69) is 13.5 Å². The first-order valence-corrected chi connectivity index (χ1v) is 5.35. The normalized spacial score (nSPS) is 9.56. The van der Waals surface area contributed by atoms with E-state index in [1.165, 1.54) is 58.2 Å². The predicted molar refractivity (Wildman–Crippen MR) is 45.0 cm³/mol. The number of hydrogen-bond acceptors (Lipinski definition) is 0. The van der Waals surface area contributed by atoms with Crippen molar-refractivity contribution in [2.24, 2.45) is 0 Å². The average molecular weight is 231 g/mol. The molecular formula is C8H16Sn. The Morgan fingerprint density at radius 3 is 2.44 bits per heavy atom. The van der Waals surface area contributed by atoms with Gasteiger partial charge < -0.3 is 0 Å². The molecule has 0 aromatic rings. The number of hydrogen-bond donors (Lipinski definition) is 0. The van der Waals surface area contributed by atoms with E-state index in [1.807, 2.05) is 0 Å². The predicted octanol–water partition coefficient (Wildman–Crippen LogP) is 2.37. The van der Waals surface area contributed by atoms with E-state index < -0.39 is 0 Å². The molecule has 0 amide bonds. The van der Waals surface area contributed by atoms with E-state index in [0.29, 0.717) is 0 Å². The molecule has 52 valence electrons. The van der Waals surface area contributed by atoms with Crippen LogP contribution >= 0.6 is 0 Å². The van der Waals surface area contributed by atoms with Crippen LogP contribution in [0.5, 0.6) is 0 Å². The van der Waals surface area contributed by atoms with Crippen molar-refractivity contribution in [3.8, 4) is 0 Å². The Bertz CT molecular complexity index is 76.6. The molecule has 0 aliphatic rings. The molecule has 9 heavy (non-hydrogen) atoms. The molecule has 0 bridgehead atoms. The van der Waals surface area contributed by atoms with Gasteiger partial charge in [-0.05, 0) is 0 Å².